The summed E-state index contributed by atoms with van der Waals surface area (Å²) in [6.07, 6.45) is 4.80. The number of anilines is 1. The standard InChI is InChI=1S/C32H25BrN2O4/c1-39-30-10-6-5-9-25(30)21-28(35-31(37)24-7-3-2-4-8-24)32(38)34-27-18-14-23(15-19-27)29(36)20-13-22-11-16-26(33)17-12-22/h2-21H,1H3,(H,34,38)(H,35,37)/b20-13+,28-21-. The van der Waals surface area contributed by atoms with Gasteiger partial charge in [-0.2, -0.15) is 0 Å². The molecule has 0 aliphatic rings. The predicted molar refractivity (Wildman–Crippen MR) is 157 cm³/mol. The maximum Gasteiger partial charge on any atom is 0.272 e. The largest absolute Gasteiger partial charge is 0.496 e. The molecule has 4 aromatic carbocycles. The topological polar surface area (TPSA) is 84.5 Å². The van der Waals surface area contributed by atoms with Crippen LogP contribution in [0, 0.1) is 0 Å². The molecule has 4 rings (SSSR count). The van der Waals surface area contributed by atoms with Crippen molar-refractivity contribution in [2.75, 3.05) is 12.4 Å². The molecule has 6 nitrogen and oxygen atoms in total. The van der Waals surface area contributed by atoms with Crippen LogP contribution in [0.4, 0.5) is 5.69 Å². The van der Waals surface area contributed by atoms with Gasteiger partial charge in [0.05, 0.1) is 7.11 Å². The lowest BCUT2D eigenvalue weighted by Crippen LogP contribution is -2.30. The highest BCUT2D eigenvalue weighted by Crippen LogP contribution is 2.21. The molecule has 194 valence electrons. The first-order valence-corrected chi connectivity index (χ1v) is 12.8. The Morgan fingerprint density at radius 2 is 1.44 bits per heavy atom. The number of carbonyl (C=O) groups excluding carboxylic acids is 3. The molecule has 0 heterocycles. The molecule has 2 N–H and O–H groups in total. The van der Waals surface area contributed by atoms with Crippen molar-refractivity contribution >= 4 is 51.4 Å². The average Bonchev–Trinajstić information content (AvgIpc) is 2.97. The highest BCUT2D eigenvalue weighted by atomic mass is 79.9. The van der Waals surface area contributed by atoms with Crippen molar-refractivity contribution in [3.05, 3.63) is 142 Å². The molecule has 0 saturated heterocycles. The molecule has 0 radical (unpaired) electrons. The maximum atomic E-state index is 13.3. The summed E-state index contributed by atoms with van der Waals surface area (Å²) in [5, 5.41) is 5.50. The molecule has 0 atom stereocenters. The van der Waals surface area contributed by atoms with E-state index >= 15 is 0 Å². The smallest absolute Gasteiger partial charge is 0.272 e. The van der Waals surface area contributed by atoms with Gasteiger partial charge < -0.3 is 15.4 Å². The molecule has 0 aliphatic heterocycles. The van der Waals surface area contributed by atoms with Crippen LogP contribution in [0.3, 0.4) is 0 Å². The van der Waals surface area contributed by atoms with Gasteiger partial charge in [0.25, 0.3) is 11.8 Å². The molecule has 7 heteroatoms. The number of methoxy groups -OCH3 is 1. The lowest BCUT2D eigenvalue weighted by atomic mass is 10.1. The first kappa shape index (κ1) is 27.3. The number of para-hydroxylation sites is 1. The Balaban J connectivity index is 1.51. The van der Waals surface area contributed by atoms with E-state index in [0.29, 0.717) is 28.1 Å². The summed E-state index contributed by atoms with van der Waals surface area (Å²) in [4.78, 5) is 38.7. The molecular formula is C32H25BrN2O4. The Hall–Kier alpha value is -4.75. The molecule has 0 fully saturated rings. The van der Waals surface area contributed by atoms with Gasteiger partial charge in [-0.25, -0.2) is 0 Å². The summed E-state index contributed by atoms with van der Waals surface area (Å²) in [6.45, 7) is 0. The van der Waals surface area contributed by atoms with Crippen molar-refractivity contribution < 1.29 is 19.1 Å². The minimum Gasteiger partial charge on any atom is -0.496 e. The van der Waals surface area contributed by atoms with Crippen LogP contribution < -0.4 is 15.4 Å². The van der Waals surface area contributed by atoms with Crippen molar-refractivity contribution in [2.45, 2.75) is 0 Å². The van der Waals surface area contributed by atoms with E-state index in [2.05, 4.69) is 26.6 Å². The van der Waals surface area contributed by atoms with Gasteiger partial charge in [-0.3, -0.25) is 14.4 Å². The van der Waals surface area contributed by atoms with E-state index in [9.17, 15) is 14.4 Å². The van der Waals surface area contributed by atoms with E-state index in [4.69, 9.17) is 4.74 Å². The summed E-state index contributed by atoms with van der Waals surface area (Å²) in [5.74, 6) is -0.566. The number of nitrogens with one attached hydrogen (secondary N) is 2. The number of ketones is 1. The second-order valence-corrected chi connectivity index (χ2v) is 9.32. The highest BCUT2D eigenvalue weighted by Gasteiger charge is 2.16. The molecule has 4 aromatic rings. The number of carbonyl (C=O) groups is 3. The van der Waals surface area contributed by atoms with Gasteiger partial charge >= 0.3 is 0 Å². The third-order valence-corrected chi connectivity index (χ3v) is 6.22. The SMILES string of the molecule is COc1ccccc1/C=C(\NC(=O)c1ccccc1)C(=O)Nc1ccc(C(=O)/C=C/c2ccc(Br)cc2)cc1. The fourth-order valence-electron chi connectivity index (χ4n) is 3.64. The number of allylic oxidation sites excluding steroid dienone is 1. The van der Waals surface area contributed by atoms with Crippen molar-refractivity contribution in [3.63, 3.8) is 0 Å². The Morgan fingerprint density at radius 1 is 0.769 bits per heavy atom. The first-order valence-electron chi connectivity index (χ1n) is 12.0. The van der Waals surface area contributed by atoms with Crippen molar-refractivity contribution in [2.24, 2.45) is 0 Å². The summed E-state index contributed by atoms with van der Waals surface area (Å²) in [6, 6.07) is 29.9. The van der Waals surface area contributed by atoms with Gasteiger partial charge in [-0.1, -0.05) is 70.5 Å². The minimum atomic E-state index is -0.528. The monoisotopic (exact) mass is 580 g/mol. The van der Waals surface area contributed by atoms with Crippen LogP contribution in [0.5, 0.6) is 5.75 Å². The molecule has 39 heavy (non-hydrogen) atoms. The fraction of sp³-hybridized carbons (Fsp3) is 0.0312. The van der Waals surface area contributed by atoms with Crippen molar-refractivity contribution in [3.8, 4) is 5.75 Å². The summed E-state index contributed by atoms with van der Waals surface area (Å²) >= 11 is 3.39. The molecule has 0 aliphatic carbocycles. The van der Waals surface area contributed by atoms with Gasteiger partial charge in [-0.05, 0) is 72.3 Å². The van der Waals surface area contributed by atoms with E-state index < -0.39 is 11.8 Å². The molecule has 0 unspecified atom stereocenters. The number of halogens is 1. The lowest BCUT2D eigenvalue weighted by molar-refractivity contribution is -0.113. The quantitative estimate of drug-likeness (QED) is 0.169. The molecule has 2 amide bonds. The molecule has 0 spiro atoms. The average molecular weight is 581 g/mol. The first-order chi connectivity index (χ1) is 18.9. The van der Waals surface area contributed by atoms with Crippen molar-refractivity contribution in [1.29, 1.82) is 0 Å². The molecule has 0 bridgehead atoms. The zero-order valence-electron chi connectivity index (χ0n) is 21.1. The van der Waals surface area contributed by atoms with E-state index in [1.165, 1.54) is 13.2 Å². The van der Waals surface area contributed by atoms with E-state index in [0.717, 1.165) is 10.0 Å². The van der Waals surface area contributed by atoms with E-state index in [1.54, 1.807) is 78.9 Å². The molecule has 0 saturated carbocycles. The normalized spacial score (nSPS) is 11.2. The summed E-state index contributed by atoms with van der Waals surface area (Å²) < 4.78 is 6.36. The maximum absolute atomic E-state index is 13.3. The van der Waals surface area contributed by atoms with Gasteiger partial charge in [0, 0.05) is 26.9 Å². The fourth-order valence-corrected chi connectivity index (χ4v) is 3.91. The van der Waals surface area contributed by atoms with Gasteiger partial charge in [0.15, 0.2) is 5.78 Å². The van der Waals surface area contributed by atoms with Crippen molar-refractivity contribution in [1.82, 2.24) is 5.32 Å². The number of rotatable bonds is 9. The number of ether oxygens (including phenoxy) is 1. The lowest BCUT2D eigenvalue weighted by Gasteiger charge is -2.12. The van der Waals surface area contributed by atoms with E-state index in [1.807, 2.05) is 36.4 Å². The zero-order valence-corrected chi connectivity index (χ0v) is 22.6. The molecule has 0 aromatic heterocycles. The number of hydrogen-bond donors (Lipinski definition) is 2. The number of hydrogen-bond acceptors (Lipinski definition) is 4. The summed E-state index contributed by atoms with van der Waals surface area (Å²) in [5.41, 5.74) is 2.91. The van der Waals surface area contributed by atoms with Crippen LogP contribution in [0.15, 0.2) is 119 Å². The Morgan fingerprint density at radius 3 is 2.13 bits per heavy atom. The van der Waals surface area contributed by atoms with Gasteiger partial charge in [0.1, 0.15) is 11.4 Å². The van der Waals surface area contributed by atoms with E-state index in [-0.39, 0.29) is 11.5 Å². The number of amides is 2. The summed E-state index contributed by atoms with van der Waals surface area (Å²) in [7, 11) is 1.53. The Labute approximate surface area is 235 Å². The minimum absolute atomic E-state index is 0.0333. The van der Waals surface area contributed by atoms with Crippen LogP contribution in [0.25, 0.3) is 12.2 Å². The van der Waals surface area contributed by atoms with Crippen LogP contribution in [0.1, 0.15) is 31.8 Å². The van der Waals surface area contributed by atoms with Gasteiger partial charge in [-0.15, -0.1) is 0 Å². The highest BCUT2D eigenvalue weighted by molar-refractivity contribution is 9.10. The third-order valence-electron chi connectivity index (χ3n) is 5.69. The zero-order chi connectivity index (χ0) is 27.6. The second kappa shape index (κ2) is 13.2. The second-order valence-electron chi connectivity index (χ2n) is 8.40. The Kier molecular flexibility index (Phi) is 9.21. The Bertz CT molecular complexity index is 1530. The predicted octanol–water partition coefficient (Wildman–Crippen LogP) is 6.76. The van der Waals surface area contributed by atoms with Crippen LogP contribution in [-0.4, -0.2) is 24.7 Å². The van der Waals surface area contributed by atoms with Crippen LogP contribution in [0.2, 0.25) is 0 Å². The van der Waals surface area contributed by atoms with Crippen LogP contribution in [-0.2, 0) is 4.79 Å². The van der Waals surface area contributed by atoms with Gasteiger partial charge in [0.2, 0.25) is 0 Å². The third kappa shape index (κ3) is 7.63. The molecular weight excluding hydrogens is 556 g/mol. The van der Waals surface area contributed by atoms with Crippen LogP contribution >= 0.6 is 15.9 Å². The number of benzene rings is 4.